The van der Waals surface area contributed by atoms with E-state index < -0.39 is 10.0 Å². The van der Waals surface area contributed by atoms with Gasteiger partial charge in [0, 0.05) is 17.8 Å². The molecule has 2 aromatic rings. The summed E-state index contributed by atoms with van der Waals surface area (Å²) in [6.07, 6.45) is 1.28. The van der Waals surface area contributed by atoms with Gasteiger partial charge >= 0.3 is 0 Å². The highest BCUT2D eigenvalue weighted by Crippen LogP contribution is 2.13. The van der Waals surface area contributed by atoms with Crippen LogP contribution in [0.1, 0.15) is 29.3 Å². The van der Waals surface area contributed by atoms with Crippen molar-refractivity contribution in [3.8, 4) is 0 Å². The van der Waals surface area contributed by atoms with Crippen molar-refractivity contribution in [1.82, 2.24) is 5.32 Å². The Hall–Kier alpha value is -2.34. The zero-order valence-electron chi connectivity index (χ0n) is 13.7. The molecule has 6 heteroatoms. The molecule has 128 valence electrons. The first-order chi connectivity index (χ1) is 11.5. The molecule has 0 saturated carbocycles. The van der Waals surface area contributed by atoms with Gasteiger partial charge in [-0.05, 0) is 36.6 Å². The standard InChI is InChI=1S/C18H22N2O3S/c1-2-13-24(22,23)20-17-10-6-9-16(14-17)18(21)19-12-11-15-7-4-3-5-8-15/h3-10,14,20H,2,11-13H2,1H3,(H,19,21). The van der Waals surface area contributed by atoms with Gasteiger partial charge in [-0.3, -0.25) is 9.52 Å². The molecule has 0 bridgehead atoms. The van der Waals surface area contributed by atoms with Gasteiger partial charge in [0.2, 0.25) is 10.0 Å². The van der Waals surface area contributed by atoms with Gasteiger partial charge in [-0.15, -0.1) is 0 Å². The molecule has 0 heterocycles. The lowest BCUT2D eigenvalue weighted by atomic mass is 10.1. The van der Waals surface area contributed by atoms with Crippen LogP contribution in [0, 0.1) is 0 Å². The summed E-state index contributed by atoms with van der Waals surface area (Å²) in [6.45, 7) is 2.32. The van der Waals surface area contributed by atoms with Crippen molar-refractivity contribution in [1.29, 1.82) is 0 Å². The number of sulfonamides is 1. The summed E-state index contributed by atoms with van der Waals surface area (Å²) in [7, 11) is -3.36. The fourth-order valence-corrected chi connectivity index (χ4v) is 3.42. The van der Waals surface area contributed by atoms with Crippen LogP contribution in [-0.4, -0.2) is 26.6 Å². The zero-order chi connectivity index (χ0) is 17.4. The van der Waals surface area contributed by atoms with Gasteiger partial charge in [0.25, 0.3) is 5.91 Å². The van der Waals surface area contributed by atoms with Crippen LogP contribution in [0.5, 0.6) is 0 Å². The molecule has 0 aliphatic rings. The third-order valence-corrected chi connectivity index (χ3v) is 4.91. The first-order valence-electron chi connectivity index (χ1n) is 7.93. The van der Waals surface area contributed by atoms with Crippen LogP contribution in [0.4, 0.5) is 5.69 Å². The second kappa shape index (κ2) is 8.49. The summed E-state index contributed by atoms with van der Waals surface area (Å²) >= 11 is 0. The number of rotatable bonds is 8. The van der Waals surface area contributed by atoms with E-state index in [0.717, 1.165) is 12.0 Å². The van der Waals surface area contributed by atoms with E-state index in [4.69, 9.17) is 0 Å². The molecule has 5 nitrogen and oxygen atoms in total. The summed E-state index contributed by atoms with van der Waals surface area (Å²) in [5, 5.41) is 2.85. The Bertz CT molecular complexity index is 774. The predicted octanol–water partition coefficient (Wildman–Crippen LogP) is 2.81. The van der Waals surface area contributed by atoms with Gasteiger partial charge in [-0.1, -0.05) is 43.3 Å². The maximum atomic E-state index is 12.2. The van der Waals surface area contributed by atoms with Crippen molar-refractivity contribution in [3.05, 3.63) is 65.7 Å². The number of anilines is 1. The van der Waals surface area contributed by atoms with E-state index in [1.807, 2.05) is 30.3 Å². The van der Waals surface area contributed by atoms with E-state index in [9.17, 15) is 13.2 Å². The molecule has 0 fully saturated rings. The minimum Gasteiger partial charge on any atom is -0.352 e. The second-order valence-electron chi connectivity index (χ2n) is 5.49. The molecule has 0 saturated heterocycles. The Morgan fingerprint density at radius 1 is 1.04 bits per heavy atom. The van der Waals surface area contributed by atoms with E-state index in [2.05, 4.69) is 10.0 Å². The summed E-state index contributed by atoms with van der Waals surface area (Å²) in [5.74, 6) is -0.164. The Labute approximate surface area is 143 Å². The molecular formula is C18H22N2O3S. The maximum absolute atomic E-state index is 12.2. The van der Waals surface area contributed by atoms with Crippen LogP contribution < -0.4 is 10.0 Å². The summed E-state index contributed by atoms with van der Waals surface area (Å²) in [6, 6.07) is 16.4. The minimum absolute atomic E-state index is 0.0561. The Morgan fingerprint density at radius 2 is 1.79 bits per heavy atom. The van der Waals surface area contributed by atoms with Crippen molar-refractivity contribution in [3.63, 3.8) is 0 Å². The summed E-state index contributed by atoms with van der Waals surface area (Å²) < 4.78 is 26.1. The third-order valence-electron chi connectivity index (χ3n) is 3.41. The van der Waals surface area contributed by atoms with Gasteiger partial charge in [-0.25, -0.2) is 8.42 Å². The molecule has 2 aromatic carbocycles. The van der Waals surface area contributed by atoms with Gasteiger partial charge in [-0.2, -0.15) is 0 Å². The third kappa shape index (κ3) is 5.70. The molecule has 0 aliphatic heterocycles. The van der Waals surface area contributed by atoms with E-state index in [-0.39, 0.29) is 11.7 Å². The van der Waals surface area contributed by atoms with Crippen LogP contribution >= 0.6 is 0 Å². The van der Waals surface area contributed by atoms with E-state index in [1.54, 1.807) is 31.2 Å². The van der Waals surface area contributed by atoms with Crippen LogP contribution in [-0.2, 0) is 16.4 Å². The fraction of sp³-hybridized carbons (Fsp3) is 0.278. The van der Waals surface area contributed by atoms with Gasteiger partial charge in [0.1, 0.15) is 0 Å². The SMILES string of the molecule is CCCS(=O)(=O)Nc1cccc(C(=O)NCCc2ccccc2)c1. The molecule has 0 aliphatic carbocycles. The molecular weight excluding hydrogens is 324 g/mol. The van der Waals surface area contributed by atoms with Crippen molar-refractivity contribution < 1.29 is 13.2 Å². The maximum Gasteiger partial charge on any atom is 0.251 e. The zero-order valence-corrected chi connectivity index (χ0v) is 14.5. The summed E-state index contributed by atoms with van der Waals surface area (Å²) in [4.78, 5) is 12.2. The molecule has 0 spiro atoms. The number of benzene rings is 2. The van der Waals surface area contributed by atoms with Crippen molar-refractivity contribution in [2.24, 2.45) is 0 Å². The van der Waals surface area contributed by atoms with Gasteiger partial charge in [0.15, 0.2) is 0 Å². The lowest BCUT2D eigenvalue weighted by molar-refractivity contribution is 0.0954. The van der Waals surface area contributed by atoms with Crippen molar-refractivity contribution in [2.45, 2.75) is 19.8 Å². The van der Waals surface area contributed by atoms with Crippen LogP contribution in [0.15, 0.2) is 54.6 Å². The van der Waals surface area contributed by atoms with Crippen LogP contribution in [0.25, 0.3) is 0 Å². The first kappa shape index (κ1) is 18.0. The lowest BCUT2D eigenvalue weighted by Crippen LogP contribution is -2.26. The second-order valence-corrected chi connectivity index (χ2v) is 7.34. The monoisotopic (exact) mass is 346 g/mol. The van der Waals surface area contributed by atoms with Crippen LogP contribution in [0.3, 0.4) is 0 Å². The predicted molar refractivity (Wildman–Crippen MR) is 96.6 cm³/mol. The lowest BCUT2D eigenvalue weighted by Gasteiger charge is -2.09. The normalized spacial score (nSPS) is 11.0. The Balaban J connectivity index is 1.94. The van der Waals surface area contributed by atoms with Crippen molar-refractivity contribution >= 4 is 21.6 Å². The van der Waals surface area contributed by atoms with Crippen LogP contribution in [0.2, 0.25) is 0 Å². The minimum atomic E-state index is -3.36. The van der Waals surface area contributed by atoms with Gasteiger partial charge in [0.05, 0.1) is 5.75 Å². The Kier molecular flexibility index (Phi) is 6.37. The molecule has 0 aromatic heterocycles. The van der Waals surface area contributed by atoms with E-state index in [1.165, 1.54) is 0 Å². The quantitative estimate of drug-likeness (QED) is 0.772. The number of carbonyl (C=O) groups excluding carboxylic acids is 1. The molecule has 2 N–H and O–H groups in total. The first-order valence-corrected chi connectivity index (χ1v) is 9.58. The highest BCUT2D eigenvalue weighted by Gasteiger charge is 2.11. The Morgan fingerprint density at radius 3 is 2.50 bits per heavy atom. The molecule has 0 atom stereocenters. The van der Waals surface area contributed by atoms with Gasteiger partial charge < -0.3 is 5.32 Å². The van der Waals surface area contributed by atoms with E-state index >= 15 is 0 Å². The average molecular weight is 346 g/mol. The number of amides is 1. The largest absolute Gasteiger partial charge is 0.352 e. The molecule has 0 unspecified atom stereocenters. The smallest absolute Gasteiger partial charge is 0.251 e. The average Bonchev–Trinajstić information content (AvgIpc) is 2.55. The number of hydrogen-bond acceptors (Lipinski definition) is 3. The highest BCUT2D eigenvalue weighted by atomic mass is 32.2. The molecule has 1 amide bonds. The fourth-order valence-electron chi connectivity index (χ4n) is 2.29. The molecule has 2 rings (SSSR count). The van der Waals surface area contributed by atoms with Crippen molar-refractivity contribution in [2.75, 3.05) is 17.0 Å². The molecule has 24 heavy (non-hydrogen) atoms. The topological polar surface area (TPSA) is 75.3 Å². The molecule has 0 radical (unpaired) electrons. The number of nitrogens with one attached hydrogen (secondary N) is 2. The highest BCUT2D eigenvalue weighted by molar-refractivity contribution is 7.92. The number of carbonyl (C=O) groups is 1. The number of hydrogen-bond donors (Lipinski definition) is 2. The summed E-state index contributed by atoms with van der Waals surface area (Å²) in [5.41, 5.74) is 1.98. The van der Waals surface area contributed by atoms with E-state index in [0.29, 0.717) is 24.2 Å².